The van der Waals surface area contributed by atoms with Gasteiger partial charge in [0, 0.05) is 41.1 Å². The number of hydrogen-bond acceptors (Lipinski definition) is 6. The summed E-state index contributed by atoms with van der Waals surface area (Å²) in [5.74, 6) is -2.44. The van der Waals surface area contributed by atoms with Crippen LogP contribution in [0, 0.1) is 39.4 Å². The lowest BCUT2D eigenvalue weighted by atomic mass is 9.42. The number of hydrogen-bond donors (Lipinski definition) is 3. The number of aliphatic hydroxyl groups is 2. The van der Waals surface area contributed by atoms with Gasteiger partial charge in [0.25, 0.3) is 0 Å². The van der Waals surface area contributed by atoms with Crippen molar-refractivity contribution in [1.82, 2.24) is 0 Å². The van der Waals surface area contributed by atoms with Crippen LogP contribution in [-0.4, -0.2) is 50.8 Å². The molecule has 7 nitrogen and oxygen atoms in total. The van der Waals surface area contributed by atoms with Crippen molar-refractivity contribution in [2.45, 2.75) is 99.2 Å². The van der Waals surface area contributed by atoms with Gasteiger partial charge in [-0.05, 0) is 55.1 Å². The molecule has 4 rings (SSSR count). The summed E-state index contributed by atoms with van der Waals surface area (Å²) < 4.78 is 0. The van der Waals surface area contributed by atoms with Crippen LogP contribution in [0.2, 0.25) is 0 Å². The summed E-state index contributed by atoms with van der Waals surface area (Å²) in [5, 5.41) is 32.4. The molecule has 4 aliphatic carbocycles. The second kappa shape index (κ2) is 8.70. The molecule has 0 amide bonds. The summed E-state index contributed by atoms with van der Waals surface area (Å²) in [4.78, 5) is 50.7. The Labute approximate surface area is 219 Å². The predicted octanol–water partition coefficient (Wildman–Crippen LogP) is 4.05. The normalized spacial score (nSPS) is 42.1. The monoisotopic (exact) mass is 514 g/mol. The van der Waals surface area contributed by atoms with Crippen molar-refractivity contribution in [3.63, 3.8) is 0 Å². The highest BCUT2D eigenvalue weighted by Crippen LogP contribution is 2.71. The van der Waals surface area contributed by atoms with E-state index in [1.807, 2.05) is 34.6 Å². The maximum atomic E-state index is 14.0. The molecule has 2 fully saturated rings. The molecule has 0 spiro atoms. The summed E-state index contributed by atoms with van der Waals surface area (Å²) in [6, 6.07) is 0. The number of carboxylic acids is 1. The van der Waals surface area contributed by atoms with E-state index in [9.17, 15) is 29.4 Å². The number of aliphatic hydroxyl groups excluding tert-OH is 2. The fourth-order valence-electron chi connectivity index (χ4n) is 8.77. The fraction of sp³-hybridized carbons (Fsp3) is 0.733. The lowest BCUT2D eigenvalue weighted by Gasteiger charge is -2.61. The first-order valence-electron chi connectivity index (χ1n) is 13.5. The number of allylic oxidation sites excluding steroid dienone is 3. The molecule has 8 atom stereocenters. The van der Waals surface area contributed by atoms with Gasteiger partial charge < -0.3 is 15.3 Å². The van der Waals surface area contributed by atoms with Gasteiger partial charge in [0.05, 0.1) is 18.1 Å². The van der Waals surface area contributed by atoms with Gasteiger partial charge in [-0.1, -0.05) is 47.1 Å². The van der Waals surface area contributed by atoms with Crippen molar-refractivity contribution in [2.75, 3.05) is 0 Å². The Balaban J connectivity index is 1.80. The number of aliphatic carboxylic acids is 1. The number of carbonyl (C=O) groups excluding carboxylic acids is 3. The number of fused-ring (bicyclic) bond motifs is 4. The fourth-order valence-corrected chi connectivity index (χ4v) is 8.77. The second-order valence-corrected chi connectivity index (χ2v) is 13.5. The van der Waals surface area contributed by atoms with E-state index in [2.05, 4.69) is 6.92 Å². The average molecular weight is 515 g/mol. The van der Waals surface area contributed by atoms with Crippen LogP contribution in [0.5, 0.6) is 0 Å². The van der Waals surface area contributed by atoms with Crippen LogP contribution in [-0.2, 0) is 19.2 Å². The minimum absolute atomic E-state index is 0.0379. The first kappa shape index (κ1) is 27.9. The quantitative estimate of drug-likeness (QED) is 0.472. The van der Waals surface area contributed by atoms with Gasteiger partial charge in [-0.3, -0.25) is 19.2 Å². The Bertz CT molecular complexity index is 1130. The van der Waals surface area contributed by atoms with Crippen LogP contribution < -0.4 is 0 Å². The van der Waals surface area contributed by atoms with Crippen LogP contribution in [0.4, 0.5) is 0 Å². The molecule has 0 aliphatic heterocycles. The van der Waals surface area contributed by atoms with Crippen molar-refractivity contribution >= 4 is 23.3 Å². The van der Waals surface area contributed by atoms with Crippen molar-refractivity contribution in [2.24, 2.45) is 39.4 Å². The minimum atomic E-state index is -1.03. The zero-order chi connectivity index (χ0) is 27.9. The zero-order valence-electron chi connectivity index (χ0n) is 23.2. The molecule has 2 saturated carbocycles. The molecule has 0 aromatic carbocycles. The Kier molecular flexibility index (Phi) is 6.56. The van der Waals surface area contributed by atoms with E-state index < -0.39 is 45.8 Å². The van der Waals surface area contributed by atoms with Crippen LogP contribution in [0.1, 0.15) is 87.0 Å². The third-order valence-electron chi connectivity index (χ3n) is 11.2. The second-order valence-electron chi connectivity index (χ2n) is 13.5. The SMILES string of the molecule is C/C(=C\C(=O)CC(C)C(=O)O)C1C[C@H](O)C2(C)C3=C(C(=O)CC12C)C1(C)CCC(=O)C(C)(C)C1C[C@@H]3O. The molecule has 6 unspecified atom stereocenters. The van der Waals surface area contributed by atoms with Crippen molar-refractivity contribution in [1.29, 1.82) is 0 Å². The highest BCUT2D eigenvalue weighted by molar-refractivity contribution is 6.01. The Hall–Kier alpha value is -2.12. The standard InChI is InChI=1S/C30H42O7/c1-15(10-17(31)11-16(2)26(36)37)18-12-23(35)30(7)25-19(32)13-21-27(3,4)22(34)8-9-28(21,5)24(25)20(33)14-29(18,30)6/h10,16,18-19,21,23,32,35H,8-9,11-14H2,1-7H3,(H,36,37)/b15-10+/t16?,18?,19-,21?,23-,28?,29?,30?/m0/s1. The number of carbonyl (C=O) groups is 4. The number of carboxylic acid groups (broad SMARTS) is 1. The molecule has 0 saturated heterocycles. The first-order valence-corrected chi connectivity index (χ1v) is 13.5. The average Bonchev–Trinajstić information content (AvgIpc) is 2.99. The van der Waals surface area contributed by atoms with E-state index in [1.54, 1.807) is 0 Å². The van der Waals surface area contributed by atoms with E-state index in [4.69, 9.17) is 5.11 Å². The number of ketones is 3. The lowest BCUT2D eigenvalue weighted by Crippen LogP contribution is -2.60. The Morgan fingerprint density at radius 1 is 1.08 bits per heavy atom. The summed E-state index contributed by atoms with van der Waals surface area (Å²) >= 11 is 0. The van der Waals surface area contributed by atoms with E-state index in [0.717, 1.165) is 5.57 Å². The van der Waals surface area contributed by atoms with Gasteiger partial charge in [-0.15, -0.1) is 0 Å². The smallest absolute Gasteiger partial charge is 0.306 e. The molecule has 7 heteroatoms. The molecule has 0 bridgehead atoms. The maximum absolute atomic E-state index is 14.0. The van der Waals surface area contributed by atoms with Crippen LogP contribution in [0.15, 0.2) is 22.8 Å². The highest BCUT2D eigenvalue weighted by Gasteiger charge is 2.69. The first-order chi connectivity index (χ1) is 16.9. The molecule has 37 heavy (non-hydrogen) atoms. The molecule has 204 valence electrons. The molecule has 0 aromatic rings. The van der Waals surface area contributed by atoms with Gasteiger partial charge in [0.1, 0.15) is 5.78 Å². The molecule has 0 heterocycles. The minimum Gasteiger partial charge on any atom is -0.481 e. The number of rotatable bonds is 5. The van der Waals surface area contributed by atoms with Crippen LogP contribution in [0.3, 0.4) is 0 Å². The summed E-state index contributed by atoms with van der Waals surface area (Å²) in [7, 11) is 0. The topological polar surface area (TPSA) is 129 Å². The summed E-state index contributed by atoms with van der Waals surface area (Å²) in [6.45, 7) is 13.1. The van der Waals surface area contributed by atoms with Crippen molar-refractivity contribution < 1.29 is 34.5 Å². The van der Waals surface area contributed by atoms with Gasteiger partial charge in [0.2, 0.25) is 0 Å². The maximum Gasteiger partial charge on any atom is 0.306 e. The Morgan fingerprint density at radius 3 is 2.30 bits per heavy atom. The third-order valence-corrected chi connectivity index (χ3v) is 11.2. The van der Waals surface area contributed by atoms with Crippen LogP contribution >= 0.6 is 0 Å². The molecular formula is C30H42O7. The van der Waals surface area contributed by atoms with Crippen LogP contribution in [0.25, 0.3) is 0 Å². The van der Waals surface area contributed by atoms with Crippen molar-refractivity contribution in [3.8, 4) is 0 Å². The van der Waals surface area contributed by atoms with Gasteiger partial charge in [-0.2, -0.15) is 0 Å². The summed E-state index contributed by atoms with van der Waals surface area (Å²) in [5.41, 5.74) is -0.855. The number of Topliss-reactive ketones (excluding diaryl/α,β-unsaturated/α-hetero) is 2. The van der Waals surface area contributed by atoms with Gasteiger partial charge >= 0.3 is 5.97 Å². The summed E-state index contributed by atoms with van der Waals surface area (Å²) in [6.07, 6.45) is 1.42. The Morgan fingerprint density at radius 2 is 1.70 bits per heavy atom. The van der Waals surface area contributed by atoms with E-state index in [-0.39, 0.29) is 42.0 Å². The molecule has 3 N–H and O–H groups in total. The van der Waals surface area contributed by atoms with Gasteiger partial charge in [0.15, 0.2) is 11.6 Å². The molecular weight excluding hydrogens is 472 g/mol. The predicted molar refractivity (Wildman–Crippen MR) is 137 cm³/mol. The van der Waals surface area contributed by atoms with E-state index in [1.165, 1.54) is 13.0 Å². The van der Waals surface area contributed by atoms with E-state index in [0.29, 0.717) is 36.8 Å². The molecule has 0 radical (unpaired) electrons. The van der Waals surface area contributed by atoms with Crippen molar-refractivity contribution in [3.05, 3.63) is 22.8 Å². The molecule has 4 aliphatic rings. The molecule has 0 aromatic heterocycles. The lowest BCUT2D eigenvalue weighted by molar-refractivity contribution is -0.145. The highest BCUT2D eigenvalue weighted by atomic mass is 16.4. The van der Waals surface area contributed by atoms with Gasteiger partial charge in [-0.25, -0.2) is 0 Å². The largest absolute Gasteiger partial charge is 0.481 e. The zero-order valence-corrected chi connectivity index (χ0v) is 23.2. The third kappa shape index (κ3) is 3.75. The van der Waals surface area contributed by atoms with E-state index >= 15 is 0 Å².